The van der Waals surface area contributed by atoms with Gasteiger partial charge in [0.15, 0.2) is 6.10 Å². The van der Waals surface area contributed by atoms with E-state index in [2.05, 4.69) is 4.74 Å². The number of amides is 1. The number of fused-ring (bicyclic) bond motifs is 1. The van der Waals surface area contributed by atoms with Crippen molar-refractivity contribution in [2.45, 2.75) is 32.5 Å². The average molecular weight is 293 g/mol. The molecule has 21 heavy (non-hydrogen) atoms. The van der Waals surface area contributed by atoms with E-state index in [0.717, 1.165) is 11.3 Å². The number of esters is 1. The summed E-state index contributed by atoms with van der Waals surface area (Å²) in [6.07, 6.45) is -2.28. The molecule has 6 heteroatoms. The van der Waals surface area contributed by atoms with Gasteiger partial charge in [-0.1, -0.05) is 12.1 Å². The summed E-state index contributed by atoms with van der Waals surface area (Å²) in [4.78, 5) is 24.6. The number of nitrogens with zero attached hydrogens (tertiary/aromatic N) is 1. The summed E-state index contributed by atoms with van der Waals surface area (Å²) in [5.74, 6) is -0.885. The van der Waals surface area contributed by atoms with Crippen LogP contribution in [0.25, 0.3) is 0 Å². The molecule has 2 atom stereocenters. The lowest BCUT2D eigenvalue weighted by Crippen LogP contribution is -2.30. The van der Waals surface area contributed by atoms with Crippen molar-refractivity contribution in [2.75, 3.05) is 18.1 Å². The minimum absolute atomic E-state index is 0.0337. The van der Waals surface area contributed by atoms with Crippen LogP contribution in [0.5, 0.6) is 0 Å². The second-order valence-electron chi connectivity index (χ2n) is 4.95. The monoisotopic (exact) mass is 293 g/mol. The number of hydrogen-bond acceptors (Lipinski definition) is 5. The Labute approximate surface area is 122 Å². The van der Waals surface area contributed by atoms with Crippen LogP contribution < -0.4 is 4.90 Å². The molecule has 114 valence electrons. The Morgan fingerprint density at radius 3 is 2.71 bits per heavy atom. The van der Waals surface area contributed by atoms with Gasteiger partial charge in [0.05, 0.1) is 6.61 Å². The van der Waals surface area contributed by atoms with Gasteiger partial charge in [0, 0.05) is 19.2 Å². The Morgan fingerprint density at radius 1 is 1.38 bits per heavy atom. The van der Waals surface area contributed by atoms with Gasteiger partial charge in [-0.05, 0) is 30.5 Å². The lowest BCUT2D eigenvalue weighted by atomic mass is 10.0. The lowest BCUT2D eigenvalue weighted by molar-refractivity contribution is -0.159. The Hall–Kier alpha value is -1.92. The first-order valence-corrected chi connectivity index (χ1v) is 6.89. The van der Waals surface area contributed by atoms with Crippen LogP contribution in [0.2, 0.25) is 0 Å². The van der Waals surface area contributed by atoms with Crippen LogP contribution in [0, 0.1) is 0 Å². The second kappa shape index (κ2) is 6.24. The maximum absolute atomic E-state index is 11.5. The summed E-state index contributed by atoms with van der Waals surface area (Å²) in [7, 11) is 0. The molecule has 2 rings (SSSR count). The van der Waals surface area contributed by atoms with Gasteiger partial charge < -0.3 is 19.8 Å². The van der Waals surface area contributed by atoms with Crippen LogP contribution in [0.1, 0.15) is 31.1 Å². The molecule has 0 radical (unpaired) electrons. The molecule has 1 aromatic rings. The first-order chi connectivity index (χ1) is 9.95. The quantitative estimate of drug-likeness (QED) is 0.792. The lowest BCUT2D eigenvalue weighted by Gasteiger charge is -2.19. The molecule has 2 N–H and O–H groups in total. The molecule has 1 aromatic carbocycles. The van der Waals surface area contributed by atoms with Crippen molar-refractivity contribution in [3.05, 3.63) is 29.3 Å². The average Bonchev–Trinajstić information content (AvgIpc) is 2.89. The first-order valence-electron chi connectivity index (χ1n) is 6.89. The van der Waals surface area contributed by atoms with E-state index in [-0.39, 0.29) is 12.5 Å². The number of hydrogen-bond donors (Lipinski definition) is 2. The van der Waals surface area contributed by atoms with Gasteiger partial charge in [0.25, 0.3) is 0 Å². The predicted octanol–water partition coefficient (Wildman–Crippen LogP) is 0.553. The third-order valence-corrected chi connectivity index (χ3v) is 3.55. The minimum atomic E-state index is -1.62. The molecule has 0 saturated carbocycles. The number of benzene rings is 1. The SMILES string of the molecule is CCOC(=O)C(O)C(O)c1ccc2c(c1)CCN2C(C)=O. The molecule has 0 saturated heterocycles. The van der Waals surface area contributed by atoms with Crippen LogP contribution >= 0.6 is 0 Å². The fourth-order valence-corrected chi connectivity index (χ4v) is 2.47. The van der Waals surface area contributed by atoms with Gasteiger partial charge in [-0.25, -0.2) is 4.79 Å². The maximum atomic E-state index is 11.5. The zero-order valence-electron chi connectivity index (χ0n) is 12.1. The van der Waals surface area contributed by atoms with Crippen molar-refractivity contribution < 1.29 is 24.5 Å². The van der Waals surface area contributed by atoms with Crippen LogP contribution in [0.15, 0.2) is 18.2 Å². The van der Waals surface area contributed by atoms with Crippen molar-refractivity contribution >= 4 is 17.6 Å². The fraction of sp³-hybridized carbons (Fsp3) is 0.467. The van der Waals surface area contributed by atoms with Gasteiger partial charge >= 0.3 is 5.97 Å². The van der Waals surface area contributed by atoms with E-state index in [1.807, 2.05) is 0 Å². The number of aliphatic hydroxyl groups excluding tert-OH is 2. The van der Waals surface area contributed by atoms with Gasteiger partial charge in [0.1, 0.15) is 6.10 Å². The topological polar surface area (TPSA) is 87.1 Å². The van der Waals surface area contributed by atoms with Crippen LogP contribution in [0.4, 0.5) is 5.69 Å². The predicted molar refractivity (Wildman–Crippen MR) is 75.8 cm³/mol. The number of carbonyl (C=O) groups is 2. The summed E-state index contributed by atoms with van der Waals surface area (Å²) in [5, 5.41) is 19.8. The van der Waals surface area contributed by atoms with Crippen LogP contribution in [-0.2, 0) is 20.7 Å². The van der Waals surface area contributed by atoms with E-state index < -0.39 is 18.2 Å². The summed E-state index contributed by atoms with van der Waals surface area (Å²) < 4.78 is 4.69. The van der Waals surface area contributed by atoms with E-state index in [1.165, 1.54) is 6.92 Å². The largest absolute Gasteiger partial charge is 0.464 e. The summed E-state index contributed by atoms with van der Waals surface area (Å²) in [6, 6.07) is 5.04. The van der Waals surface area contributed by atoms with E-state index in [1.54, 1.807) is 30.0 Å². The Kier molecular flexibility index (Phi) is 4.59. The van der Waals surface area contributed by atoms with Gasteiger partial charge in [-0.15, -0.1) is 0 Å². The normalized spacial score (nSPS) is 16.3. The highest BCUT2D eigenvalue weighted by atomic mass is 16.5. The molecule has 6 nitrogen and oxygen atoms in total. The van der Waals surface area contributed by atoms with Crippen molar-refractivity contribution in [3.8, 4) is 0 Å². The highest BCUT2D eigenvalue weighted by Crippen LogP contribution is 2.31. The summed E-state index contributed by atoms with van der Waals surface area (Å²) in [6.45, 7) is 3.87. The van der Waals surface area contributed by atoms with E-state index in [9.17, 15) is 19.8 Å². The molecule has 1 aliphatic heterocycles. The van der Waals surface area contributed by atoms with Crippen molar-refractivity contribution in [1.82, 2.24) is 0 Å². The molecule has 1 heterocycles. The zero-order valence-corrected chi connectivity index (χ0v) is 12.1. The molecular weight excluding hydrogens is 274 g/mol. The molecule has 0 spiro atoms. The number of anilines is 1. The molecule has 0 aromatic heterocycles. The maximum Gasteiger partial charge on any atom is 0.338 e. The van der Waals surface area contributed by atoms with Crippen LogP contribution in [0.3, 0.4) is 0 Å². The highest BCUT2D eigenvalue weighted by Gasteiger charge is 2.29. The molecule has 0 fully saturated rings. The first kappa shape index (κ1) is 15.5. The van der Waals surface area contributed by atoms with Crippen LogP contribution in [-0.4, -0.2) is 41.3 Å². The summed E-state index contributed by atoms with van der Waals surface area (Å²) in [5.41, 5.74) is 2.15. The Bertz CT molecular complexity index is 557. The number of rotatable bonds is 4. The molecule has 0 bridgehead atoms. The Balaban J connectivity index is 2.19. The van der Waals surface area contributed by atoms with Crippen molar-refractivity contribution in [2.24, 2.45) is 0 Å². The second-order valence-corrected chi connectivity index (χ2v) is 4.95. The molecule has 2 unspecified atom stereocenters. The Morgan fingerprint density at radius 2 is 2.10 bits per heavy atom. The van der Waals surface area contributed by atoms with Gasteiger partial charge in [-0.2, -0.15) is 0 Å². The van der Waals surface area contributed by atoms with E-state index in [0.29, 0.717) is 18.5 Å². The molecule has 1 aliphatic rings. The third-order valence-electron chi connectivity index (χ3n) is 3.55. The smallest absolute Gasteiger partial charge is 0.338 e. The molecule has 1 amide bonds. The molecular formula is C15H19NO5. The number of aliphatic hydroxyl groups is 2. The van der Waals surface area contributed by atoms with Crippen molar-refractivity contribution in [3.63, 3.8) is 0 Å². The third kappa shape index (κ3) is 3.06. The molecule has 0 aliphatic carbocycles. The highest BCUT2D eigenvalue weighted by molar-refractivity contribution is 5.93. The van der Waals surface area contributed by atoms with E-state index in [4.69, 9.17) is 0 Å². The standard InChI is InChI=1S/C15H19NO5/c1-3-21-15(20)14(19)13(18)11-4-5-12-10(8-11)6-7-16(12)9(2)17/h4-5,8,13-14,18-19H,3,6-7H2,1-2H3. The summed E-state index contributed by atoms with van der Waals surface area (Å²) >= 11 is 0. The van der Waals surface area contributed by atoms with Gasteiger partial charge in [0.2, 0.25) is 5.91 Å². The minimum Gasteiger partial charge on any atom is -0.464 e. The van der Waals surface area contributed by atoms with Gasteiger partial charge in [-0.3, -0.25) is 4.79 Å². The zero-order chi connectivity index (χ0) is 15.6. The van der Waals surface area contributed by atoms with E-state index >= 15 is 0 Å². The number of ether oxygens (including phenoxy) is 1. The number of carbonyl (C=O) groups excluding carboxylic acids is 2. The fourth-order valence-electron chi connectivity index (χ4n) is 2.47. The van der Waals surface area contributed by atoms with Crippen molar-refractivity contribution in [1.29, 1.82) is 0 Å².